The van der Waals surface area contributed by atoms with Crippen LogP contribution in [-0.2, 0) is 23.4 Å². The third kappa shape index (κ3) is 5.41. The number of esters is 1. The van der Waals surface area contributed by atoms with Crippen LogP contribution in [0.2, 0.25) is 0 Å². The molecule has 0 aliphatic heterocycles. The van der Waals surface area contributed by atoms with Gasteiger partial charge in [0.15, 0.2) is 0 Å². The Labute approximate surface area is 295 Å². The quantitative estimate of drug-likeness (QED) is 0.150. The summed E-state index contributed by atoms with van der Waals surface area (Å²) in [5, 5.41) is 0. The van der Waals surface area contributed by atoms with Crippen LogP contribution in [0, 0.1) is 56.7 Å². The standard InChI is InChI=1S/C33H53O7P.K/c1-21(2)22-11-16-33(28(35)39-19-8-20-40-41(36,37)38)18-17-31(6)23(27(22)33)9-10-25-30(5)14-13-26(34)29(3,4)24(30)12-15-32(25,31)7;/h22-25,27H,1,8-20H2,2-7H3,(H2,36,37,38);/q;+1/p-1/t22-,23+,24-,25+,27+,30-,31+,32+,33-;/m0./s1. The third-order valence-corrected chi connectivity index (χ3v) is 14.5. The molecule has 5 saturated carbocycles. The number of carbonyl (C=O) groups is 2. The van der Waals surface area contributed by atoms with E-state index in [0.29, 0.717) is 30.0 Å². The minimum Gasteiger partial charge on any atom is -0.756 e. The fourth-order valence-corrected chi connectivity index (χ4v) is 12.2. The van der Waals surface area contributed by atoms with Gasteiger partial charge >= 0.3 is 57.4 Å². The summed E-state index contributed by atoms with van der Waals surface area (Å²) in [5.74, 6) is 2.14. The zero-order valence-electron chi connectivity index (χ0n) is 27.1. The molecular formula is C33H52KO7P. The monoisotopic (exact) mass is 630 g/mol. The normalized spacial score (nSPS) is 45.2. The van der Waals surface area contributed by atoms with Crippen LogP contribution in [0.15, 0.2) is 12.2 Å². The van der Waals surface area contributed by atoms with Gasteiger partial charge in [0.2, 0.25) is 0 Å². The van der Waals surface area contributed by atoms with E-state index in [9.17, 15) is 19.0 Å². The maximum atomic E-state index is 13.9. The molecule has 0 aromatic carbocycles. The predicted octanol–water partition coefficient (Wildman–Crippen LogP) is 3.63. The first kappa shape index (κ1) is 35.5. The van der Waals surface area contributed by atoms with Crippen LogP contribution >= 0.6 is 7.82 Å². The van der Waals surface area contributed by atoms with E-state index in [1.807, 2.05) is 0 Å². The van der Waals surface area contributed by atoms with Gasteiger partial charge in [0.1, 0.15) is 5.78 Å². The summed E-state index contributed by atoms with van der Waals surface area (Å²) in [7, 11) is -4.78. The Balaban J connectivity index is 0.00000405. The van der Waals surface area contributed by atoms with E-state index in [-0.39, 0.29) is 110 Å². The molecule has 1 N–H and O–H groups in total. The number of hydrogen-bond donors (Lipinski definition) is 1. The molecule has 5 fully saturated rings. The minimum absolute atomic E-state index is 0. The van der Waals surface area contributed by atoms with Gasteiger partial charge in [0, 0.05) is 18.3 Å². The third-order valence-electron chi connectivity index (χ3n) is 14.0. The molecule has 9 heteroatoms. The molecule has 0 aromatic heterocycles. The summed E-state index contributed by atoms with van der Waals surface area (Å²) in [4.78, 5) is 46.7. The molecule has 0 bridgehead atoms. The van der Waals surface area contributed by atoms with Gasteiger partial charge in [-0.1, -0.05) is 46.8 Å². The number of phosphoric ester groups is 1. The molecule has 0 saturated heterocycles. The second-order valence-corrected chi connectivity index (χ2v) is 17.0. The van der Waals surface area contributed by atoms with Gasteiger partial charge in [-0.2, -0.15) is 0 Å². The Morgan fingerprint density at radius 1 is 0.976 bits per heavy atom. The van der Waals surface area contributed by atoms with E-state index in [1.165, 1.54) is 0 Å². The minimum atomic E-state index is -4.78. The van der Waals surface area contributed by atoms with Gasteiger partial charge in [-0.25, -0.2) is 0 Å². The largest absolute Gasteiger partial charge is 1.00 e. The summed E-state index contributed by atoms with van der Waals surface area (Å²) in [6, 6.07) is 0. The van der Waals surface area contributed by atoms with Gasteiger partial charge in [-0.15, -0.1) is 0 Å². The molecule has 1 unspecified atom stereocenters. The maximum Gasteiger partial charge on any atom is 1.00 e. The number of allylic oxidation sites excluding steroid dienone is 1. The Hall–Kier alpha value is 0.626. The van der Waals surface area contributed by atoms with Crippen molar-refractivity contribution in [3.8, 4) is 0 Å². The Morgan fingerprint density at radius 3 is 2.31 bits per heavy atom. The number of ether oxygens (including phenoxy) is 1. The molecule has 7 nitrogen and oxygen atoms in total. The zero-order chi connectivity index (χ0) is 30.2. The topological polar surface area (TPSA) is 113 Å². The van der Waals surface area contributed by atoms with Gasteiger partial charge in [-0.3, -0.25) is 14.2 Å². The summed E-state index contributed by atoms with van der Waals surface area (Å²) in [6.07, 6.45) is 9.93. The maximum absolute atomic E-state index is 13.9. The molecule has 0 amide bonds. The van der Waals surface area contributed by atoms with Crippen molar-refractivity contribution in [3.05, 3.63) is 12.2 Å². The van der Waals surface area contributed by atoms with Crippen molar-refractivity contribution in [1.82, 2.24) is 0 Å². The van der Waals surface area contributed by atoms with Crippen molar-refractivity contribution >= 4 is 19.6 Å². The van der Waals surface area contributed by atoms with Crippen LogP contribution in [0.5, 0.6) is 0 Å². The number of hydrogen-bond acceptors (Lipinski definition) is 6. The molecule has 5 aliphatic rings. The average molecular weight is 631 g/mol. The molecule has 232 valence electrons. The molecule has 0 heterocycles. The van der Waals surface area contributed by atoms with Crippen molar-refractivity contribution in [2.45, 2.75) is 112 Å². The van der Waals surface area contributed by atoms with E-state index in [2.05, 4.69) is 52.6 Å². The number of Topliss-reactive ketones (excluding diaryl/α,β-unsaturated/α-hetero) is 1. The Morgan fingerprint density at radius 2 is 1.67 bits per heavy atom. The fourth-order valence-electron chi connectivity index (χ4n) is 11.8. The van der Waals surface area contributed by atoms with E-state index >= 15 is 0 Å². The van der Waals surface area contributed by atoms with Crippen molar-refractivity contribution in [2.24, 2.45) is 56.7 Å². The number of phosphoric acid groups is 1. The summed E-state index contributed by atoms with van der Waals surface area (Å²) in [6.45, 7) is 18.3. The second kappa shape index (κ2) is 12.0. The first-order valence-electron chi connectivity index (χ1n) is 16.0. The Bertz CT molecular complexity index is 1150. The first-order valence-corrected chi connectivity index (χ1v) is 17.5. The molecule has 0 radical (unpaired) electrons. The van der Waals surface area contributed by atoms with Crippen LogP contribution in [0.25, 0.3) is 0 Å². The van der Waals surface area contributed by atoms with Crippen molar-refractivity contribution < 1.29 is 84.6 Å². The first-order chi connectivity index (χ1) is 18.9. The van der Waals surface area contributed by atoms with Crippen LogP contribution in [0.4, 0.5) is 0 Å². The summed E-state index contributed by atoms with van der Waals surface area (Å²) >= 11 is 0. The van der Waals surface area contributed by atoms with E-state index < -0.39 is 13.2 Å². The molecular weight excluding hydrogens is 578 g/mol. The van der Waals surface area contributed by atoms with Crippen molar-refractivity contribution in [2.75, 3.05) is 13.2 Å². The van der Waals surface area contributed by atoms with Crippen LogP contribution in [0.3, 0.4) is 0 Å². The molecule has 0 aromatic rings. The van der Waals surface area contributed by atoms with Crippen LogP contribution in [-0.4, -0.2) is 29.9 Å². The predicted molar refractivity (Wildman–Crippen MR) is 155 cm³/mol. The molecule has 0 spiro atoms. The van der Waals surface area contributed by atoms with E-state index in [4.69, 9.17) is 9.63 Å². The SMILES string of the molecule is C=C(C)[C@@H]1CC[C@]2(C(=O)OCCCOP(=O)([O-])O)CC[C@]3(C)[C@H](CC[C@@H]4[C@@]5(C)CCC(=O)C(C)(C)[C@@H]5CC[C@]43C)[C@@H]12.[K+]. The number of ketones is 1. The van der Waals surface area contributed by atoms with Gasteiger partial charge in [-0.05, 0) is 111 Å². The van der Waals surface area contributed by atoms with Gasteiger partial charge in [0.25, 0.3) is 7.82 Å². The number of carbonyl (C=O) groups excluding carboxylic acids is 2. The zero-order valence-corrected chi connectivity index (χ0v) is 31.1. The number of fused-ring (bicyclic) bond motifs is 7. The summed E-state index contributed by atoms with van der Waals surface area (Å²) < 4.78 is 21.2. The van der Waals surface area contributed by atoms with Crippen molar-refractivity contribution in [3.63, 3.8) is 0 Å². The molecule has 10 atom stereocenters. The number of rotatable bonds is 7. The molecule has 5 aliphatic carbocycles. The van der Waals surface area contributed by atoms with E-state index in [1.54, 1.807) is 0 Å². The smallest absolute Gasteiger partial charge is 0.756 e. The summed E-state index contributed by atoms with van der Waals surface area (Å²) in [5.41, 5.74) is 0.742. The fraction of sp³-hybridized carbons (Fsp3) is 0.879. The average Bonchev–Trinajstić information content (AvgIpc) is 3.27. The Kier molecular flexibility index (Phi) is 10.1. The van der Waals surface area contributed by atoms with Gasteiger partial charge in [0.05, 0.1) is 18.6 Å². The van der Waals surface area contributed by atoms with Crippen LogP contribution in [0.1, 0.15) is 112 Å². The van der Waals surface area contributed by atoms with Crippen molar-refractivity contribution in [1.29, 1.82) is 0 Å². The van der Waals surface area contributed by atoms with Gasteiger partial charge < -0.3 is 19.0 Å². The second-order valence-electron chi connectivity index (χ2n) is 15.8. The molecule has 42 heavy (non-hydrogen) atoms. The molecule has 5 rings (SSSR count). The van der Waals surface area contributed by atoms with E-state index in [0.717, 1.165) is 63.4 Å². The van der Waals surface area contributed by atoms with Crippen LogP contribution < -0.4 is 56.3 Å².